The summed E-state index contributed by atoms with van der Waals surface area (Å²) in [6.07, 6.45) is 2.43. The number of rotatable bonds is 7. The highest BCUT2D eigenvalue weighted by molar-refractivity contribution is 5.50. The van der Waals surface area contributed by atoms with Crippen molar-refractivity contribution >= 4 is 0 Å². The summed E-state index contributed by atoms with van der Waals surface area (Å²) >= 11 is 0. The van der Waals surface area contributed by atoms with Gasteiger partial charge in [0.1, 0.15) is 11.6 Å². The summed E-state index contributed by atoms with van der Waals surface area (Å²) in [6, 6.07) is 3.79. The van der Waals surface area contributed by atoms with Gasteiger partial charge >= 0.3 is 0 Å². The molecule has 146 valence electrons. The van der Waals surface area contributed by atoms with Crippen molar-refractivity contribution in [3.8, 4) is 17.2 Å². The highest BCUT2D eigenvalue weighted by Crippen LogP contribution is 2.35. The summed E-state index contributed by atoms with van der Waals surface area (Å²) in [5.41, 5.74) is 2.71. The molecular formula is C20H27N3O4. The minimum Gasteiger partial charge on any atom is -0.496 e. The molecule has 0 saturated carbocycles. The molecule has 0 bridgehead atoms. The van der Waals surface area contributed by atoms with E-state index in [0.717, 1.165) is 47.8 Å². The predicted octanol–water partition coefficient (Wildman–Crippen LogP) is 2.31. The number of aromatic amines is 1. The van der Waals surface area contributed by atoms with Crippen molar-refractivity contribution in [2.45, 2.75) is 39.3 Å². The Bertz CT molecular complexity index is 863. The molecule has 1 aliphatic heterocycles. The number of hydrogen-bond donors (Lipinski definition) is 1. The standard InChI is InChI=1S/C20H27N3O4/c1-5-6-19-21-15-12-23(8-7-14(15)20(24)22-19)11-13-9-17(26-3)18(27-4)10-16(13)25-2/h9-10H,5-8,11-12H2,1-4H3,(H,21,22,24). The Labute approximate surface area is 159 Å². The molecule has 1 N–H and O–H groups in total. The first kappa shape index (κ1) is 19.2. The number of ether oxygens (including phenoxy) is 3. The maximum Gasteiger partial charge on any atom is 0.254 e. The molecule has 3 rings (SSSR count). The predicted molar refractivity (Wildman–Crippen MR) is 103 cm³/mol. The van der Waals surface area contributed by atoms with Gasteiger partial charge in [-0.15, -0.1) is 0 Å². The monoisotopic (exact) mass is 373 g/mol. The van der Waals surface area contributed by atoms with Gasteiger partial charge < -0.3 is 19.2 Å². The summed E-state index contributed by atoms with van der Waals surface area (Å²) in [4.78, 5) is 22.2. The number of nitrogens with zero attached hydrogens (tertiary/aromatic N) is 2. The van der Waals surface area contributed by atoms with Gasteiger partial charge in [0.15, 0.2) is 11.5 Å². The smallest absolute Gasteiger partial charge is 0.254 e. The van der Waals surface area contributed by atoms with Crippen molar-refractivity contribution in [1.29, 1.82) is 0 Å². The van der Waals surface area contributed by atoms with E-state index in [4.69, 9.17) is 14.2 Å². The van der Waals surface area contributed by atoms with Crippen LogP contribution in [0.3, 0.4) is 0 Å². The molecular weight excluding hydrogens is 346 g/mol. The summed E-state index contributed by atoms with van der Waals surface area (Å²) in [6.45, 7) is 4.20. The summed E-state index contributed by atoms with van der Waals surface area (Å²) in [5, 5.41) is 0. The van der Waals surface area contributed by atoms with Gasteiger partial charge in [0, 0.05) is 43.2 Å². The molecule has 0 atom stereocenters. The van der Waals surface area contributed by atoms with Crippen LogP contribution >= 0.6 is 0 Å². The van der Waals surface area contributed by atoms with E-state index in [-0.39, 0.29) is 5.56 Å². The number of aryl methyl sites for hydroxylation is 1. The average Bonchev–Trinajstić information content (AvgIpc) is 2.67. The van der Waals surface area contributed by atoms with Crippen molar-refractivity contribution in [2.75, 3.05) is 27.9 Å². The molecule has 0 amide bonds. The highest BCUT2D eigenvalue weighted by Gasteiger charge is 2.22. The molecule has 0 saturated heterocycles. The second-order valence-corrected chi connectivity index (χ2v) is 6.67. The lowest BCUT2D eigenvalue weighted by atomic mass is 10.0. The van der Waals surface area contributed by atoms with E-state index in [1.54, 1.807) is 21.3 Å². The van der Waals surface area contributed by atoms with E-state index in [2.05, 4.69) is 21.8 Å². The Morgan fingerprint density at radius 2 is 1.81 bits per heavy atom. The second-order valence-electron chi connectivity index (χ2n) is 6.67. The molecule has 2 heterocycles. The van der Waals surface area contributed by atoms with Gasteiger partial charge in [-0.1, -0.05) is 6.92 Å². The van der Waals surface area contributed by atoms with Crippen molar-refractivity contribution < 1.29 is 14.2 Å². The summed E-state index contributed by atoms with van der Waals surface area (Å²) < 4.78 is 16.3. The third-order valence-electron chi connectivity index (χ3n) is 4.87. The van der Waals surface area contributed by atoms with Crippen LogP contribution in [0.1, 0.15) is 36.0 Å². The zero-order chi connectivity index (χ0) is 19.4. The van der Waals surface area contributed by atoms with Crippen molar-refractivity contribution in [1.82, 2.24) is 14.9 Å². The van der Waals surface area contributed by atoms with Crippen LogP contribution < -0.4 is 19.8 Å². The van der Waals surface area contributed by atoms with E-state index < -0.39 is 0 Å². The molecule has 0 unspecified atom stereocenters. The lowest BCUT2D eigenvalue weighted by Gasteiger charge is -2.28. The van der Waals surface area contributed by atoms with Crippen LogP contribution in [0, 0.1) is 0 Å². The van der Waals surface area contributed by atoms with Crippen LogP contribution in [0.15, 0.2) is 16.9 Å². The third-order valence-corrected chi connectivity index (χ3v) is 4.87. The largest absolute Gasteiger partial charge is 0.496 e. The molecule has 7 nitrogen and oxygen atoms in total. The van der Waals surface area contributed by atoms with Crippen LogP contribution in [0.4, 0.5) is 0 Å². The zero-order valence-electron chi connectivity index (χ0n) is 16.4. The quantitative estimate of drug-likeness (QED) is 0.803. The Morgan fingerprint density at radius 3 is 2.48 bits per heavy atom. The number of fused-ring (bicyclic) bond motifs is 1. The molecule has 0 aliphatic carbocycles. The van der Waals surface area contributed by atoms with E-state index in [0.29, 0.717) is 31.0 Å². The van der Waals surface area contributed by atoms with Gasteiger partial charge in [-0.2, -0.15) is 0 Å². The number of benzene rings is 1. The van der Waals surface area contributed by atoms with Gasteiger partial charge in [-0.05, 0) is 18.9 Å². The van der Waals surface area contributed by atoms with Crippen LogP contribution in [0.25, 0.3) is 0 Å². The summed E-state index contributed by atoms with van der Waals surface area (Å²) in [7, 11) is 4.88. The SMILES string of the molecule is CCCc1nc2c(c(=O)[nH]1)CCN(Cc1cc(OC)c(OC)cc1OC)C2. The van der Waals surface area contributed by atoms with Crippen molar-refractivity contribution in [2.24, 2.45) is 0 Å². The molecule has 1 aromatic heterocycles. The Hall–Kier alpha value is -2.54. The first-order valence-electron chi connectivity index (χ1n) is 9.21. The second kappa shape index (κ2) is 8.43. The number of H-pyrrole nitrogens is 1. The normalized spacial score (nSPS) is 13.9. The fourth-order valence-electron chi connectivity index (χ4n) is 3.49. The zero-order valence-corrected chi connectivity index (χ0v) is 16.4. The van der Waals surface area contributed by atoms with E-state index in [1.165, 1.54) is 0 Å². The molecule has 1 aliphatic rings. The number of hydrogen-bond acceptors (Lipinski definition) is 6. The number of nitrogens with one attached hydrogen (secondary N) is 1. The molecule has 27 heavy (non-hydrogen) atoms. The van der Waals surface area contributed by atoms with E-state index >= 15 is 0 Å². The lowest BCUT2D eigenvalue weighted by Crippen LogP contribution is -2.35. The third kappa shape index (κ3) is 4.08. The Morgan fingerprint density at radius 1 is 1.11 bits per heavy atom. The van der Waals surface area contributed by atoms with Gasteiger partial charge in [-0.3, -0.25) is 9.69 Å². The highest BCUT2D eigenvalue weighted by atomic mass is 16.5. The Balaban J connectivity index is 1.85. The van der Waals surface area contributed by atoms with Crippen LogP contribution in [0.5, 0.6) is 17.2 Å². The first-order valence-corrected chi connectivity index (χ1v) is 9.21. The number of aromatic nitrogens is 2. The molecule has 2 aromatic rings. The van der Waals surface area contributed by atoms with Crippen molar-refractivity contribution in [3.05, 3.63) is 45.1 Å². The average molecular weight is 373 g/mol. The summed E-state index contributed by atoms with van der Waals surface area (Å²) in [5.74, 6) is 2.83. The minimum atomic E-state index is 0.00629. The fraction of sp³-hybridized carbons (Fsp3) is 0.500. The van der Waals surface area contributed by atoms with Gasteiger partial charge in [0.2, 0.25) is 0 Å². The van der Waals surface area contributed by atoms with Gasteiger partial charge in [0.05, 0.1) is 27.0 Å². The molecule has 0 spiro atoms. The van der Waals surface area contributed by atoms with Crippen LogP contribution in [0.2, 0.25) is 0 Å². The van der Waals surface area contributed by atoms with Gasteiger partial charge in [0.25, 0.3) is 5.56 Å². The maximum atomic E-state index is 12.3. The number of methoxy groups -OCH3 is 3. The Kier molecular flexibility index (Phi) is 6.01. The fourth-order valence-corrected chi connectivity index (χ4v) is 3.49. The lowest BCUT2D eigenvalue weighted by molar-refractivity contribution is 0.235. The molecule has 0 fully saturated rings. The molecule has 1 aromatic carbocycles. The topological polar surface area (TPSA) is 76.7 Å². The molecule has 7 heteroatoms. The van der Waals surface area contributed by atoms with Crippen LogP contribution in [-0.4, -0.2) is 42.7 Å². The van der Waals surface area contributed by atoms with Crippen molar-refractivity contribution in [3.63, 3.8) is 0 Å². The first-order chi connectivity index (χ1) is 13.1. The van der Waals surface area contributed by atoms with E-state index in [9.17, 15) is 4.79 Å². The van der Waals surface area contributed by atoms with Gasteiger partial charge in [-0.25, -0.2) is 4.98 Å². The molecule has 0 radical (unpaired) electrons. The maximum absolute atomic E-state index is 12.3. The van der Waals surface area contributed by atoms with E-state index in [1.807, 2.05) is 12.1 Å². The van der Waals surface area contributed by atoms with Crippen LogP contribution in [-0.2, 0) is 25.9 Å². The minimum absolute atomic E-state index is 0.00629.